The second-order valence-electron chi connectivity index (χ2n) is 11.0. The fourth-order valence-corrected chi connectivity index (χ4v) is 7.63. The fourth-order valence-electron chi connectivity index (χ4n) is 5.73. The molecule has 0 saturated carbocycles. The Morgan fingerprint density at radius 2 is 1.61 bits per heavy atom. The topological polar surface area (TPSA) is 81.3 Å². The minimum absolute atomic E-state index is 0.00626. The summed E-state index contributed by atoms with van der Waals surface area (Å²) in [4.78, 5) is 39.1. The minimum atomic E-state index is -0.345. The van der Waals surface area contributed by atoms with E-state index in [-0.39, 0.29) is 23.0 Å². The molecule has 0 bridgehead atoms. The molecule has 3 aromatic carbocycles. The fraction of sp³-hybridized carbons (Fsp3) is 0.111. The number of amides is 1. The number of thioether (sulfide) groups is 1. The van der Waals surface area contributed by atoms with Gasteiger partial charge in [0.15, 0.2) is 5.16 Å². The quantitative estimate of drug-likeness (QED) is 0.140. The SMILES string of the molecule is Cc1cc(C)cc(-c2nc3ccccn3c2NC(=O)CSc2nc3sc(C)c(-c4ccc(F)cc4)c3c(=O)n2-c2ccccc2)c1. The minimum Gasteiger partial charge on any atom is -0.309 e. The zero-order valence-electron chi connectivity index (χ0n) is 25.2. The number of carbonyl (C=O) groups is 1. The van der Waals surface area contributed by atoms with Crippen LogP contribution in [0.4, 0.5) is 10.2 Å². The van der Waals surface area contributed by atoms with Gasteiger partial charge in [-0.3, -0.25) is 18.6 Å². The Morgan fingerprint density at radius 1 is 0.891 bits per heavy atom. The maximum Gasteiger partial charge on any atom is 0.268 e. The van der Waals surface area contributed by atoms with Gasteiger partial charge in [-0.15, -0.1) is 11.3 Å². The number of imidazole rings is 1. The van der Waals surface area contributed by atoms with Gasteiger partial charge < -0.3 is 5.32 Å². The molecular weight excluding hydrogens is 618 g/mol. The standard InChI is InChI=1S/C36H28FN5O2S2/c1-21-17-22(2)19-25(18-21)32-33(41-16-8-7-11-28(41)38-32)39-29(43)20-45-36-40-34-31(35(44)42(36)27-9-5-4-6-10-27)30(23(3)46-34)24-12-14-26(37)15-13-24/h4-19H,20H2,1-3H3,(H,39,43). The number of hydrogen-bond acceptors (Lipinski definition) is 6. The average molecular weight is 646 g/mol. The van der Waals surface area contributed by atoms with Crippen LogP contribution in [-0.4, -0.2) is 30.6 Å². The van der Waals surface area contributed by atoms with Gasteiger partial charge in [-0.05, 0) is 74.9 Å². The van der Waals surface area contributed by atoms with E-state index in [1.165, 1.54) is 35.2 Å². The first-order valence-corrected chi connectivity index (χ1v) is 16.4. The highest BCUT2D eigenvalue weighted by molar-refractivity contribution is 7.99. The number of hydrogen-bond donors (Lipinski definition) is 1. The van der Waals surface area contributed by atoms with Gasteiger partial charge in [0.1, 0.15) is 27.8 Å². The largest absolute Gasteiger partial charge is 0.309 e. The number of para-hydroxylation sites is 1. The molecule has 0 aliphatic heterocycles. The molecule has 46 heavy (non-hydrogen) atoms. The molecule has 7 nitrogen and oxygen atoms in total. The van der Waals surface area contributed by atoms with Crippen LogP contribution in [0.15, 0.2) is 107 Å². The van der Waals surface area contributed by atoms with Crippen LogP contribution in [0.1, 0.15) is 16.0 Å². The third-order valence-electron chi connectivity index (χ3n) is 7.63. The van der Waals surface area contributed by atoms with Gasteiger partial charge in [0, 0.05) is 22.2 Å². The van der Waals surface area contributed by atoms with Gasteiger partial charge >= 0.3 is 0 Å². The Balaban J connectivity index is 1.26. The maximum atomic E-state index is 14.3. The van der Waals surface area contributed by atoms with Gasteiger partial charge in [0.05, 0.1) is 16.8 Å². The van der Waals surface area contributed by atoms with Gasteiger partial charge in [0.2, 0.25) is 5.91 Å². The Bertz CT molecular complexity index is 2310. The molecule has 4 heterocycles. The predicted octanol–water partition coefficient (Wildman–Crippen LogP) is 8.22. The molecule has 0 atom stereocenters. The highest BCUT2D eigenvalue weighted by Gasteiger charge is 2.23. The van der Waals surface area contributed by atoms with Crippen LogP contribution in [0, 0.1) is 26.6 Å². The zero-order valence-corrected chi connectivity index (χ0v) is 26.9. The van der Waals surface area contributed by atoms with Crippen LogP contribution in [0.5, 0.6) is 0 Å². The van der Waals surface area contributed by atoms with Gasteiger partial charge in [0.25, 0.3) is 5.56 Å². The van der Waals surface area contributed by atoms with Crippen LogP contribution in [0.3, 0.4) is 0 Å². The first-order valence-electron chi connectivity index (χ1n) is 14.6. The molecule has 0 spiro atoms. The molecule has 10 heteroatoms. The molecule has 0 unspecified atom stereocenters. The highest BCUT2D eigenvalue weighted by atomic mass is 32.2. The number of pyridine rings is 1. The first-order chi connectivity index (χ1) is 22.3. The number of nitrogens with one attached hydrogen (secondary N) is 1. The highest BCUT2D eigenvalue weighted by Crippen LogP contribution is 2.37. The first kappa shape index (κ1) is 29.6. The molecule has 4 aromatic heterocycles. The summed E-state index contributed by atoms with van der Waals surface area (Å²) in [5.74, 6) is -0.0213. The van der Waals surface area contributed by atoms with E-state index in [4.69, 9.17) is 9.97 Å². The Labute approximate surface area is 272 Å². The van der Waals surface area contributed by atoms with Crippen molar-refractivity contribution in [1.29, 1.82) is 0 Å². The van der Waals surface area contributed by atoms with Gasteiger partial charge in [-0.2, -0.15) is 0 Å². The number of rotatable bonds is 7. The van der Waals surface area contributed by atoms with Crippen molar-refractivity contribution >= 4 is 50.7 Å². The van der Waals surface area contributed by atoms with E-state index in [0.29, 0.717) is 32.6 Å². The second-order valence-corrected chi connectivity index (χ2v) is 13.2. The molecule has 7 rings (SSSR count). The van der Waals surface area contributed by atoms with E-state index in [2.05, 4.69) is 23.5 Å². The van der Waals surface area contributed by atoms with Gasteiger partial charge in [-0.25, -0.2) is 14.4 Å². The molecule has 7 aromatic rings. The number of benzene rings is 3. The average Bonchev–Trinajstić information content (AvgIpc) is 3.57. The molecule has 0 aliphatic carbocycles. The number of nitrogens with zero attached hydrogens (tertiary/aromatic N) is 4. The molecule has 1 amide bonds. The lowest BCUT2D eigenvalue weighted by molar-refractivity contribution is -0.113. The van der Waals surface area contributed by atoms with E-state index < -0.39 is 0 Å². The summed E-state index contributed by atoms with van der Waals surface area (Å²) in [5, 5.41) is 3.96. The predicted molar refractivity (Wildman–Crippen MR) is 185 cm³/mol. The monoisotopic (exact) mass is 645 g/mol. The van der Waals surface area contributed by atoms with E-state index in [1.54, 1.807) is 16.7 Å². The Hall–Kier alpha value is -5.06. The van der Waals surface area contributed by atoms with E-state index in [9.17, 15) is 14.0 Å². The summed E-state index contributed by atoms with van der Waals surface area (Å²) in [6.07, 6.45) is 1.87. The molecule has 228 valence electrons. The lowest BCUT2D eigenvalue weighted by atomic mass is 10.0. The van der Waals surface area contributed by atoms with Crippen molar-refractivity contribution in [1.82, 2.24) is 18.9 Å². The van der Waals surface area contributed by atoms with Crippen molar-refractivity contribution in [2.24, 2.45) is 0 Å². The summed E-state index contributed by atoms with van der Waals surface area (Å²) in [6, 6.07) is 27.3. The van der Waals surface area contributed by atoms with E-state index in [0.717, 1.165) is 38.3 Å². The number of halogens is 1. The van der Waals surface area contributed by atoms with E-state index >= 15 is 0 Å². The molecule has 0 saturated heterocycles. The van der Waals surface area contributed by atoms with Crippen LogP contribution >= 0.6 is 23.1 Å². The van der Waals surface area contributed by atoms with Crippen LogP contribution < -0.4 is 10.9 Å². The molecule has 1 N–H and O–H groups in total. The summed E-state index contributed by atoms with van der Waals surface area (Å²) in [6.45, 7) is 6.00. The van der Waals surface area contributed by atoms with Crippen LogP contribution in [0.2, 0.25) is 0 Å². The second kappa shape index (κ2) is 12.0. The number of thiophene rings is 1. The Morgan fingerprint density at radius 3 is 2.35 bits per heavy atom. The maximum absolute atomic E-state index is 14.3. The normalized spacial score (nSPS) is 11.4. The molecular formula is C36H28FN5O2S2. The smallest absolute Gasteiger partial charge is 0.268 e. The van der Waals surface area contributed by atoms with E-state index in [1.807, 2.05) is 79.9 Å². The Kier molecular flexibility index (Phi) is 7.75. The molecule has 0 aliphatic rings. The van der Waals surface area contributed by atoms with Crippen molar-refractivity contribution in [2.45, 2.75) is 25.9 Å². The third kappa shape index (κ3) is 5.50. The molecule has 0 fully saturated rings. The summed E-state index contributed by atoms with van der Waals surface area (Å²) < 4.78 is 17.1. The molecule has 0 radical (unpaired) electrons. The van der Waals surface area contributed by atoms with Crippen LogP contribution in [-0.2, 0) is 4.79 Å². The number of aryl methyl sites for hydroxylation is 3. The lowest BCUT2D eigenvalue weighted by Crippen LogP contribution is -2.23. The van der Waals surface area contributed by atoms with Gasteiger partial charge in [-0.1, -0.05) is 65.4 Å². The van der Waals surface area contributed by atoms with Crippen molar-refractivity contribution in [2.75, 3.05) is 11.1 Å². The van der Waals surface area contributed by atoms with Crippen LogP contribution in [0.25, 0.3) is 43.9 Å². The number of fused-ring (bicyclic) bond motifs is 2. The zero-order chi connectivity index (χ0) is 31.9. The van der Waals surface area contributed by atoms with Crippen molar-refractivity contribution in [3.05, 3.63) is 129 Å². The van der Waals surface area contributed by atoms with Crippen molar-refractivity contribution in [3.8, 4) is 28.1 Å². The summed E-state index contributed by atoms with van der Waals surface area (Å²) in [5.41, 5.74) is 6.39. The van der Waals surface area contributed by atoms with Crippen molar-refractivity contribution in [3.63, 3.8) is 0 Å². The number of anilines is 1. The number of aromatic nitrogens is 4. The van der Waals surface area contributed by atoms with Crippen molar-refractivity contribution < 1.29 is 9.18 Å². The third-order valence-corrected chi connectivity index (χ3v) is 9.57. The number of carbonyl (C=O) groups excluding carboxylic acids is 1. The summed E-state index contributed by atoms with van der Waals surface area (Å²) in [7, 11) is 0. The lowest BCUT2D eigenvalue weighted by Gasteiger charge is -2.13. The summed E-state index contributed by atoms with van der Waals surface area (Å²) >= 11 is 2.60.